The highest BCUT2D eigenvalue weighted by atomic mass is 32.2. The average Bonchev–Trinajstić information content (AvgIpc) is 3.16. The van der Waals surface area contributed by atoms with Crippen LogP contribution in [0.2, 0.25) is 0 Å². The molecule has 0 aliphatic carbocycles. The lowest BCUT2D eigenvalue weighted by molar-refractivity contribution is -0.136. The van der Waals surface area contributed by atoms with Crippen LogP contribution in [0.5, 0.6) is 5.75 Å². The summed E-state index contributed by atoms with van der Waals surface area (Å²) >= 11 is 0. The zero-order valence-corrected chi connectivity index (χ0v) is 15.9. The molecular formula is C19H19N3O5S. The molecule has 3 aromatic rings. The molecule has 0 unspecified atom stereocenters. The summed E-state index contributed by atoms with van der Waals surface area (Å²) in [6.45, 7) is 0.574. The Kier molecular flexibility index (Phi) is 5.65. The molecule has 1 aromatic heterocycles. The lowest BCUT2D eigenvalue weighted by atomic mass is 10.1. The van der Waals surface area contributed by atoms with E-state index in [-0.39, 0.29) is 17.1 Å². The molecule has 0 aliphatic rings. The highest BCUT2D eigenvalue weighted by Crippen LogP contribution is 2.27. The van der Waals surface area contributed by atoms with Crippen molar-refractivity contribution in [3.63, 3.8) is 0 Å². The molecule has 0 aliphatic heterocycles. The monoisotopic (exact) mass is 401 g/mol. The van der Waals surface area contributed by atoms with Gasteiger partial charge in [-0.15, -0.1) is 0 Å². The van der Waals surface area contributed by atoms with Gasteiger partial charge >= 0.3 is 5.97 Å². The summed E-state index contributed by atoms with van der Waals surface area (Å²) in [6, 6.07) is 13.0. The number of aliphatic carboxylic acids is 1. The number of anilines is 1. The summed E-state index contributed by atoms with van der Waals surface area (Å²) < 4.78 is 35.0. The first-order valence-electron chi connectivity index (χ1n) is 8.35. The highest BCUT2D eigenvalue weighted by molar-refractivity contribution is 7.92. The molecule has 0 radical (unpaired) electrons. The summed E-state index contributed by atoms with van der Waals surface area (Å²) in [6.07, 6.45) is 3.25. The van der Waals surface area contributed by atoms with Gasteiger partial charge in [0.1, 0.15) is 10.6 Å². The zero-order chi connectivity index (χ0) is 20.1. The number of methoxy groups -OCH3 is 1. The zero-order valence-electron chi connectivity index (χ0n) is 15.1. The number of aromatic nitrogens is 2. The van der Waals surface area contributed by atoms with Gasteiger partial charge < -0.3 is 9.84 Å². The third-order valence-electron chi connectivity index (χ3n) is 3.98. The van der Waals surface area contributed by atoms with Gasteiger partial charge in [0.05, 0.1) is 20.1 Å². The number of hydrogen-bond acceptors (Lipinski definition) is 5. The number of nitrogens with zero attached hydrogens (tertiary/aromatic N) is 2. The summed E-state index contributed by atoms with van der Waals surface area (Å²) in [5.41, 5.74) is 1.71. The molecule has 0 fully saturated rings. The van der Waals surface area contributed by atoms with Crippen LogP contribution in [0.3, 0.4) is 0 Å². The second-order valence-corrected chi connectivity index (χ2v) is 7.71. The largest absolute Gasteiger partial charge is 0.495 e. The molecule has 28 heavy (non-hydrogen) atoms. The molecule has 2 aromatic carbocycles. The van der Waals surface area contributed by atoms with E-state index < -0.39 is 16.0 Å². The minimum Gasteiger partial charge on any atom is -0.495 e. The SMILES string of the molecule is COc1ccc(CC(=O)O)cc1S(=O)(=O)Nc1ccc(Cn2cccn2)cc1. The van der Waals surface area contributed by atoms with Crippen LogP contribution in [0, 0.1) is 0 Å². The first-order valence-corrected chi connectivity index (χ1v) is 9.83. The molecule has 8 nitrogen and oxygen atoms in total. The Morgan fingerprint density at radius 3 is 2.50 bits per heavy atom. The van der Waals surface area contributed by atoms with Gasteiger partial charge in [-0.1, -0.05) is 18.2 Å². The van der Waals surface area contributed by atoms with E-state index >= 15 is 0 Å². The van der Waals surface area contributed by atoms with Crippen molar-refractivity contribution in [3.8, 4) is 5.75 Å². The van der Waals surface area contributed by atoms with Gasteiger partial charge in [-0.3, -0.25) is 14.2 Å². The van der Waals surface area contributed by atoms with E-state index in [1.54, 1.807) is 35.1 Å². The lowest BCUT2D eigenvalue weighted by Gasteiger charge is -2.13. The Balaban J connectivity index is 1.82. The normalized spacial score (nSPS) is 11.2. The molecule has 1 heterocycles. The van der Waals surface area contributed by atoms with E-state index in [4.69, 9.17) is 9.84 Å². The average molecular weight is 401 g/mol. The number of hydrogen-bond donors (Lipinski definition) is 2. The van der Waals surface area contributed by atoms with Crippen molar-refractivity contribution in [2.45, 2.75) is 17.9 Å². The Hall–Kier alpha value is -3.33. The second kappa shape index (κ2) is 8.13. The number of carboxylic acid groups (broad SMARTS) is 1. The topological polar surface area (TPSA) is 111 Å². The van der Waals surface area contributed by atoms with Crippen molar-refractivity contribution in [2.75, 3.05) is 11.8 Å². The quantitative estimate of drug-likeness (QED) is 0.600. The summed E-state index contributed by atoms with van der Waals surface area (Å²) in [7, 11) is -2.61. The molecule has 2 N–H and O–H groups in total. The molecular weight excluding hydrogens is 382 g/mol. The summed E-state index contributed by atoms with van der Waals surface area (Å²) in [4.78, 5) is 10.8. The van der Waals surface area contributed by atoms with Gasteiger partial charge in [-0.2, -0.15) is 5.10 Å². The number of carbonyl (C=O) groups is 1. The number of rotatable bonds is 8. The first kappa shape index (κ1) is 19.4. The van der Waals surface area contributed by atoms with Gasteiger partial charge in [0.2, 0.25) is 0 Å². The number of benzene rings is 2. The molecule has 0 saturated carbocycles. The maximum Gasteiger partial charge on any atom is 0.307 e. The molecule has 9 heteroatoms. The highest BCUT2D eigenvalue weighted by Gasteiger charge is 2.21. The predicted octanol–water partition coefficient (Wildman–Crippen LogP) is 2.37. The Morgan fingerprint density at radius 2 is 1.89 bits per heavy atom. The number of sulfonamides is 1. The molecule has 0 amide bonds. The number of carboxylic acids is 1. The van der Waals surface area contributed by atoms with Crippen molar-refractivity contribution in [2.24, 2.45) is 0 Å². The third-order valence-corrected chi connectivity index (χ3v) is 5.39. The smallest absolute Gasteiger partial charge is 0.307 e. The van der Waals surface area contributed by atoms with Gasteiger partial charge in [-0.25, -0.2) is 8.42 Å². The van der Waals surface area contributed by atoms with Gasteiger partial charge in [0.25, 0.3) is 10.0 Å². The summed E-state index contributed by atoms with van der Waals surface area (Å²) in [5.74, 6) is -0.911. The van der Waals surface area contributed by atoms with Crippen molar-refractivity contribution < 1.29 is 23.1 Å². The fraction of sp³-hybridized carbons (Fsp3) is 0.158. The molecule has 3 rings (SSSR count). The third kappa shape index (κ3) is 4.68. The van der Waals surface area contributed by atoms with Crippen LogP contribution in [0.25, 0.3) is 0 Å². The molecule has 0 saturated heterocycles. The fourth-order valence-electron chi connectivity index (χ4n) is 2.69. The minimum atomic E-state index is -3.96. The van der Waals surface area contributed by atoms with Crippen LogP contribution in [-0.2, 0) is 27.8 Å². The van der Waals surface area contributed by atoms with E-state index in [0.29, 0.717) is 17.8 Å². The van der Waals surface area contributed by atoms with Crippen LogP contribution >= 0.6 is 0 Å². The van der Waals surface area contributed by atoms with Crippen molar-refractivity contribution >= 4 is 21.7 Å². The van der Waals surface area contributed by atoms with E-state index in [0.717, 1.165) is 5.56 Å². The van der Waals surface area contributed by atoms with E-state index in [2.05, 4.69) is 9.82 Å². The number of ether oxygens (including phenoxy) is 1. The van der Waals surface area contributed by atoms with Crippen LogP contribution in [0.4, 0.5) is 5.69 Å². The fourth-order valence-corrected chi connectivity index (χ4v) is 3.96. The van der Waals surface area contributed by atoms with E-state index in [1.165, 1.54) is 25.3 Å². The maximum absolute atomic E-state index is 12.8. The Labute approximate surface area is 162 Å². The van der Waals surface area contributed by atoms with E-state index in [1.807, 2.05) is 12.3 Å². The maximum atomic E-state index is 12.8. The van der Waals surface area contributed by atoms with Crippen molar-refractivity contribution in [1.29, 1.82) is 0 Å². The number of nitrogens with one attached hydrogen (secondary N) is 1. The van der Waals surface area contributed by atoms with Crippen LogP contribution in [0.15, 0.2) is 65.8 Å². The standard InChI is InChI=1S/C19H19N3O5S/c1-27-17-8-5-15(12-19(23)24)11-18(17)28(25,26)21-16-6-3-14(4-7-16)13-22-10-2-9-20-22/h2-11,21H,12-13H2,1H3,(H,23,24). The van der Waals surface area contributed by atoms with Crippen molar-refractivity contribution in [3.05, 3.63) is 72.1 Å². The van der Waals surface area contributed by atoms with E-state index in [9.17, 15) is 13.2 Å². The predicted molar refractivity (Wildman–Crippen MR) is 103 cm³/mol. The minimum absolute atomic E-state index is 0.116. The first-order chi connectivity index (χ1) is 13.4. The Bertz CT molecular complexity index is 1060. The van der Waals surface area contributed by atoms with Crippen LogP contribution in [-0.4, -0.2) is 36.4 Å². The van der Waals surface area contributed by atoms with Crippen LogP contribution < -0.4 is 9.46 Å². The van der Waals surface area contributed by atoms with Crippen LogP contribution in [0.1, 0.15) is 11.1 Å². The van der Waals surface area contributed by atoms with Gasteiger partial charge in [-0.05, 0) is 41.5 Å². The second-order valence-electron chi connectivity index (χ2n) is 6.06. The molecule has 146 valence electrons. The molecule has 0 bridgehead atoms. The molecule has 0 atom stereocenters. The molecule has 0 spiro atoms. The summed E-state index contributed by atoms with van der Waals surface area (Å²) in [5, 5.41) is 13.1. The lowest BCUT2D eigenvalue weighted by Crippen LogP contribution is -2.15. The van der Waals surface area contributed by atoms with Gasteiger partial charge in [0, 0.05) is 18.1 Å². The van der Waals surface area contributed by atoms with Gasteiger partial charge in [0.15, 0.2) is 0 Å². The van der Waals surface area contributed by atoms with Crippen molar-refractivity contribution in [1.82, 2.24) is 9.78 Å². The Morgan fingerprint density at radius 1 is 1.18 bits per heavy atom.